The van der Waals surface area contributed by atoms with Gasteiger partial charge in [0, 0.05) is 11.6 Å². The summed E-state index contributed by atoms with van der Waals surface area (Å²) in [6, 6.07) is 10.2. The summed E-state index contributed by atoms with van der Waals surface area (Å²) in [6.45, 7) is 14.9. The van der Waals surface area contributed by atoms with Crippen molar-refractivity contribution in [3.8, 4) is 17.1 Å². The van der Waals surface area contributed by atoms with Crippen molar-refractivity contribution in [3.63, 3.8) is 0 Å². The molecule has 0 aliphatic rings. The van der Waals surface area contributed by atoms with Gasteiger partial charge in [-0.15, -0.1) is 0 Å². The lowest BCUT2D eigenvalue weighted by molar-refractivity contribution is -0.661. The third kappa shape index (κ3) is 3.39. The van der Waals surface area contributed by atoms with Crippen LogP contribution in [0.15, 0.2) is 36.5 Å². The maximum absolute atomic E-state index is 15.4. The molecule has 3 heteroatoms. The van der Waals surface area contributed by atoms with Crippen molar-refractivity contribution >= 4 is 0 Å². The second-order valence-corrected chi connectivity index (χ2v) is 8.56. The van der Waals surface area contributed by atoms with Crippen molar-refractivity contribution < 1.29 is 8.96 Å². The van der Waals surface area contributed by atoms with E-state index in [0.29, 0.717) is 11.8 Å². The van der Waals surface area contributed by atoms with Gasteiger partial charge in [0.05, 0.1) is 5.69 Å². The molecule has 2 heterocycles. The number of aryl methyl sites for hydroxylation is 4. The molecule has 2 nitrogen and oxygen atoms in total. The lowest BCUT2D eigenvalue weighted by Crippen LogP contribution is -2.32. The van der Waals surface area contributed by atoms with Crippen LogP contribution in [-0.4, -0.2) is 4.57 Å². The molecule has 0 saturated heterocycles. The van der Waals surface area contributed by atoms with Crippen LogP contribution >= 0.6 is 0 Å². The molecule has 0 atom stereocenters. The van der Waals surface area contributed by atoms with Crippen molar-refractivity contribution in [3.05, 3.63) is 70.3 Å². The average Bonchev–Trinajstić information content (AvgIpc) is 2.90. The highest BCUT2D eigenvalue weighted by atomic mass is 19.1. The van der Waals surface area contributed by atoms with Crippen LogP contribution in [0.5, 0.6) is 0 Å². The lowest BCUT2D eigenvalue weighted by atomic mass is 9.92. The molecule has 148 valence electrons. The van der Waals surface area contributed by atoms with Gasteiger partial charge in [-0.3, -0.25) is 4.57 Å². The Hall–Kier alpha value is -2.42. The molecule has 2 aromatic heterocycles. The monoisotopic (exact) mass is 379 g/mol. The van der Waals surface area contributed by atoms with Crippen molar-refractivity contribution in [1.82, 2.24) is 4.57 Å². The Labute approximate surface area is 168 Å². The van der Waals surface area contributed by atoms with E-state index >= 15 is 4.39 Å². The first kappa shape index (κ1) is 20.3. The first-order valence-electron chi connectivity index (χ1n) is 10.1. The summed E-state index contributed by atoms with van der Waals surface area (Å²) >= 11 is 0. The largest absolute Gasteiger partial charge is 0.280 e. The van der Waals surface area contributed by atoms with Gasteiger partial charge in [0.25, 0.3) is 0 Å². The maximum atomic E-state index is 15.4. The van der Waals surface area contributed by atoms with Gasteiger partial charge in [-0.05, 0) is 60.9 Å². The van der Waals surface area contributed by atoms with Crippen LogP contribution in [0.25, 0.3) is 17.1 Å². The zero-order valence-electron chi connectivity index (χ0n) is 18.4. The van der Waals surface area contributed by atoms with Gasteiger partial charge in [0.2, 0.25) is 5.69 Å². The van der Waals surface area contributed by atoms with Crippen molar-refractivity contribution in [2.24, 2.45) is 7.05 Å². The number of pyridine rings is 1. The number of hydrogen-bond donors (Lipinski definition) is 0. The molecule has 0 amide bonds. The van der Waals surface area contributed by atoms with E-state index in [1.54, 1.807) is 6.07 Å². The van der Waals surface area contributed by atoms with Crippen LogP contribution in [0.1, 0.15) is 67.3 Å². The highest BCUT2D eigenvalue weighted by Gasteiger charge is 2.26. The quantitative estimate of drug-likeness (QED) is 0.472. The molecule has 0 unspecified atom stereocenters. The van der Waals surface area contributed by atoms with Crippen LogP contribution in [0.2, 0.25) is 0 Å². The van der Waals surface area contributed by atoms with E-state index < -0.39 is 0 Å². The number of aromatic nitrogens is 2. The summed E-state index contributed by atoms with van der Waals surface area (Å²) in [6.07, 6.45) is 2.12. The van der Waals surface area contributed by atoms with Gasteiger partial charge in [-0.1, -0.05) is 45.9 Å². The van der Waals surface area contributed by atoms with Gasteiger partial charge in [-0.25, -0.2) is 0 Å². The molecule has 3 aromatic rings. The number of halogens is 1. The Balaban J connectivity index is 2.43. The SMILES string of the molecule is Cc1cc(-c2c(C)cc(F)n2-c2c(C(C)C)cccc2C(C)C)[n+](C)cc1C. The third-order valence-corrected chi connectivity index (χ3v) is 5.70. The molecule has 0 N–H and O–H groups in total. The lowest BCUT2D eigenvalue weighted by Gasteiger charge is -2.22. The standard InChI is InChI=1S/C25H32FN2/c1-15(2)20-10-9-11-21(16(3)4)25(20)28-23(26)13-18(6)24(28)22-12-17(5)19(7)14-27(22)8/h9-16H,1-8H3/q+1. The van der Waals surface area contributed by atoms with E-state index in [0.717, 1.165) is 22.6 Å². The molecule has 1 aromatic carbocycles. The first-order chi connectivity index (χ1) is 13.1. The summed E-state index contributed by atoms with van der Waals surface area (Å²) in [5.41, 5.74) is 8.68. The Kier molecular flexibility index (Phi) is 5.47. The molecule has 0 aliphatic heterocycles. The molecule has 0 bridgehead atoms. The highest BCUT2D eigenvalue weighted by Crippen LogP contribution is 2.36. The molecule has 0 radical (unpaired) electrons. The number of nitrogens with zero attached hydrogens (tertiary/aromatic N) is 2. The number of rotatable bonds is 4. The Morgan fingerprint density at radius 3 is 1.96 bits per heavy atom. The number of benzene rings is 1. The minimum Gasteiger partial charge on any atom is -0.280 e. The van der Waals surface area contributed by atoms with E-state index in [4.69, 9.17) is 0 Å². The topological polar surface area (TPSA) is 8.81 Å². The molecular formula is C25H32FN2+. The van der Waals surface area contributed by atoms with Crippen LogP contribution in [0.4, 0.5) is 4.39 Å². The van der Waals surface area contributed by atoms with Gasteiger partial charge in [0.15, 0.2) is 12.1 Å². The molecule has 0 spiro atoms. The van der Waals surface area contributed by atoms with Crippen LogP contribution in [0, 0.1) is 26.7 Å². The van der Waals surface area contributed by atoms with Crippen molar-refractivity contribution in [2.75, 3.05) is 0 Å². The van der Waals surface area contributed by atoms with Gasteiger partial charge in [-0.2, -0.15) is 8.96 Å². The fraction of sp³-hybridized carbons (Fsp3) is 0.400. The fourth-order valence-electron chi connectivity index (χ4n) is 4.02. The van der Waals surface area contributed by atoms with E-state index in [1.165, 1.54) is 22.3 Å². The summed E-state index contributed by atoms with van der Waals surface area (Å²) in [5, 5.41) is 0. The number of hydrogen-bond acceptors (Lipinski definition) is 0. The third-order valence-electron chi connectivity index (χ3n) is 5.70. The van der Waals surface area contributed by atoms with E-state index in [9.17, 15) is 0 Å². The Morgan fingerprint density at radius 2 is 1.43 bits per heavy atom. The second-order valence-electron chi connectivity index (χ2n) is 8.56. The molecule has 0 aliphatic carbocycles. The summed E-state index contributed by atoms with van der Waals surface area (Å²) in [7, 11) is 2.04. The second kappa shape index (κ2) is 7.54. The van der Waals surface area contributed by atoms with Crippen LogP contribution in [0.3, 0.4) is 0 Å². The Morgan fingerprint density at radius 1 is 0.857 bits per heavy atom. The zero-order chi connectivity index (χ0) is 20.7. The smallest absolute Gasteiger partial charge is 0.229 e. The summed E-state index contributed by atoms with van der Waals surface area (Å²) in [5.74, 6) is 0.398. The predicted octanol–water partition coefficient (Wildman–Crippen LogP) is 6.28. The van der Waals surface area contributed by atoms with E-state index in [2.05, 4.69) is 76.6 Å². The van der Waals surface area contributed by atoms with Gasteiger partial charge >= 0.3 is 0 Å². The van der Waals surface area contributed by atoms with Gasteiger partial charge in [0.1, 0.15) is 12.7 Å². The van der Waals surface area contributed by atoms with E-state index in [1.807, 2.05) is 18.5 Å². The fourth-order valence-corrected chi connectivity index (χ4v) is 4.02. The average molecular weight is 380 g/mol. The van der Waals surface area contributed by atoms with Crippen molar-refractivity contribution in [1.29, 1.82) is 0 Å². The normalized spacial score (nSPS) is 11.7. The maximum Gasteiger partial charge on any atom is 0.229 e. The summed E-state index contributed by atoms with van der Waals surface area (Å²) in [4.78, 5) is 0. The van der Waals surface area contributed by atoms with Crippen LogP contribution in [-0.2, 0) is 7.05 Å². The predicted molar refractivity (Wildman–Crippen MR) is 115 cm³/mol. The highest BCUT2D eigenvalue weighted by molar-refractivity contribution is 5.65. The molecule has 3 rings (SSSR count). The molecule has 0 fully saturated rings. The van der Waals surface area contributed by atoms with E-state index in [-0.39, 0.29) is 5.95 Å². The first-order valence-corrected chi connectivity index (χ1v) is 10.1. The van der Waals surface area contributed by atoms with Crippen molar-refractivity contribution in [2.45, 2.75) is 60.3 Å². The minimum atomic E-state index is -0.208. The molecular weight excluding hydrogens is 347 g/mol. The zero-order valence-corrected chi connectivity index (χ0v) is 18.4. The molecule has 28 heavy (non-hydrogen) atoms. The van der Waals surface area contributed by atoms with Gasteiger partial charge < -0.3 is 0 Å². The minimum absolute atomic E-state index is 0.208. The Bertz CT molecular complexity index is 999. The summed E-state index contributed by atoms with van der Waals surface area (Å²) < 4.78 is 19.3. The molecule has 0 saturated carbocycles. The van der Waals surface area contributed by atoms with Crippen LogP contribution < -0.4 is 4.57 Å². The number of para-hydroxylation sites is 1.